The van der Waals surface area contributed by atoms with Crippen molar-refractivity contribution in [2.24, 2.45) is 0 Å². The van der Waals surface area contributed by atoms with E-state index >= 15 is 0 Å². The van der Waals surface area contributed by atoms with Gasteiger partial charge in [0.2, 0.25) is 0 Å². The second-order valence-electron chi connectivity index (χ2n) is 7.15. The van der Waals surface area contributed by atoms with Crippen molar-refractivity contribution in [3.63, 3.8) is 0 Å². The first-order valence-electron chi connectivity index (χ1n) is 9.94. The van der Waals surface area contributed by atoms with Gasteiger partial charge in [0.15, 0.2) is 5.69 Å². The van der Waals surface area contributed by atoms with Gasteiger partial charge in [0, 0.05) is 24.4 Å². The molecule has 1 N–H and O–H groups in total. The molecule has 2 heterocycles. The van der Waals surface area contributed by atoms with Crippen LogP contribution in [0.15, 0.2) is 42.6 Å². The van der Waals surface area contributed by atoms with Crippen molar-refractivity contribution >= 4 is 12.0 Å². The van der Waals surface area contributed by atoms with Crippen LogP contribution in [0.2, 0.25) is 0 Å². The summed E-state index contributed by atoms with van der Waals surface area (Å²) in [5, 5.41) is 10.9. The van der Waals surface area contributed by atoms with Gasteiger partial charge in [-0.05, 0) is 37.3 Å². The van der Waals surface area contributed by atoms with Crippen LogP contribution < -0.4 is 5.32 Å². The average molecular weight is 388 g/mol. The Balaban J connectivity index is 1.27. The van der Waals surface area contributed by atoms with E-state index in [1.54, 1.807) is 10.9 Å². The summed E-state index contributed by atoms with van der Waals surface area (Å²) in [5.74, 6) is 0.555. The van der Waals surface area contributed by atoms with E-state index in [0.29, 0.717) is 25.2 Å². The molecule has 7 nitrogen and oxygen atoms in total. The van der Waals surface area contributed by atoms with Gasteiger partial charge in [0.05, 0.1) is 12.7 Å². The minimum absolute atomic E-state index is 0.235. The zero-order valence-electron chi connectivity index (χ0n) is 16.5. The van der Waals surface area contributed by atoms with Crippen LogP contribution in [0.25, 0.3) is 6.08 Å². The third-order valence-corrected chi connectivity index (χ3v) is 4.99. The molecule has 2 aromatic heterocycles. The van der Waals surface area contributed by atoms with Gasteiger partial charge in [0.1, 0.15) is 5.82 Å². The lowest BCUT2D eigenvalue weighted by Crippen LogP contribution is -2.26. The molecule has 0 radical (unpaired) electrons. The molecule has 3 aromatic rings. The standard InChI is InChI=1S/C22H24N6O/c1-16-18-10-5-11-19(18)25-21(24-16)12-13-23-22(29)20-15-28(27-26-20)14-6-9-17-7-3-2-4-8-17/h2-4,6-9,15H,5,10-14H2,1H3,(H,23,29). The van der Waals surface area contributed by atoms with Gasteiger partial charge < -0.3 is 5.32 Å². The molecular formula is C22H24N6O. The number of nitrogens with one attached hydrogen (secondary N) is 1. The fourth-order valence-electron chi connectivity index (χ4n) is 3.53. The Morgan fingerprint density at radius 1 is 1.21 bits per heavy atom. The molecule has 1 aliphatic carbocycles. The van der Waals surface area contributed by atoms with Crippen LogP contribution in [0.3, 0.4) is 0 Å². The minimum Gasteiger partial charge on any atom is -0.350 e. The maximum absolute atomic E-state index is 12.3. The number of aromatic nitrogens is 5. The van der Waals surface area contributed by atoms with Gasteiger partial charge in [-0.15, -0.1) is 5.10 Å². The zero-order valence-corrected chi connectivity index (χ0v) is 16.5. The van der Waals surface area contributed by atoms with E-state index in [4.69, 9.17) is 0 Å². The van der Waals surface area contributed by atoms with E-state index in [2.05, 4.69) is 25.6 Å². The molecule has 0 saturated heterocycles. The van der Waals surface area contributed by atoms with Gasteiger partial charge in [0.25, 0.3) is 5.91 Å². The monoisotopic (exact) mass is 388 g/mol. The van der Waals surface area contributed by atoms with E-state index in [-0.39, 0.29) is 5.91 Å². The highest BCUT2D eigenvalue weighted by Crippen LogP contribution is 2.22. The van der Waals surface area contributed by atoms with Crippen LogP contribution >= 0.6 is 0 Å². The Hall–Kier alpha value is -3.35. The number of allylic oxidation sites excluding steroid dienone is 1. The Morgan fingerprint density at radius 2 is 2.07 bits per heavy atom. The van der Waals surface area contributed by atoms with Crippen molar-refractivity contribution in [2.45, 2.75) is 39.2 Å². The highest BCUT2D eigenvalue weighted by Gasteiger charge is 2.17. The highest BCUT2D eigenvalue weighted by atomic mass is 16.2. The van der Waals surface area contributed by atoms with E-state index in [0.717, 1.165) is 36.3 Å². The first-order valence-corrected chi connectivity index (χ1v) is 9.94. The second kappa shape index (κ2) is 8.77. The number of carbonyl (C=O) groups is 1. The molecule has 1 aromatic carbocycles. The summed E-state index contributed by atoms with van der Waals surface area (Å²) < 4.78 is 1.64. The first-order chi connectivity index (χ1) is 14.2. The normalized spacial score (nSPS) is 13.0. The lowest BCUT2D eigenvalue weighted by molar-refractivity contribution is 0.0949. The molecule has 0 unspecified atom stereocenters. The number of aryl methyl sites for hydroxylation is 2. The van der Waals surface area contributed by atoms with E-state index in [9.17, 15) is 4.79 Å². The summed E-state index contributed by atoms with van der Waals surface area (Å²) in [7, 11) is 0. The van der Waals surface area contributed by atoms with Crippen molar-refractivity contribution in [1.82, 2.24) is 30.3 Å². The minimum atomic E-state index is -0.235. The predicted molar refractivity (Wildman–Crippen MR) is 110 cm³/mol. The fourth-order valence-corrected chi connectivity index (χ4v) is 3.53. The average Bonchev–Trinajstić information content (AvgIpc) is 3.39. The summed E-state index contributed by atoms with van der Waals surface area (Å²) >= 11 is 0. The third kappa shape index (κ3) is 4.74. The van der Waals surface area contributed by atoms with Crippen LogP contribution in [0.4, 0.5) is 0 Å². The Bertz CT molecular complexity index is 1030. The molecule has 0 atom stereocenters. The molecule has 0 saturated carbocycles. The first kappa shape index (κ1) is 19.0. The van der Waals surface area contributed by atoms with Gasteiger partial charge in [-0.25, -0.2) is 14.6 Å². The number of rotatable bonds is 7. The molecule has 0 fully saturated rings. The number of hydrogen-bond acceptors (Lipinski definition) is 5. The van der Waals surface area contributed by atoms with Crippen LogP contribution in [-0.2, 0) is 25.8 Å². The summed E-state index contributed by atoms with van der Waals surface area (Å²) in [6.07, 6.45) is 9.52. The third-order valence-electron chi connectivity index (χ3n) is 4.99. The largest absolute Gasteiger partial charge is 0.350 e. The Labute approximate surface area is 169 Å². The maximum atomic E-state index is 12.3. The number of nitrogens with zero attached hydrogens (tertiary/aromatic N) is 5. The SMILES string of the molecule is Cc1nc(CCNC(=O)c2cn(CC=Cc3ccccc3)nn2)nc2c1CCC2. The fraction of sp³-hybridized carbons (Fsp3) is 0.318. The van der Waals surface area contributed by atoms with Crippen LogP contribution in [0.1, 0.15) is 45.2 Å². The summed E-state index contributed by atoms with van der Waals surface area (Å²) in [6.45, 7) is 3.06. The van der Waals surface area contributed by atoms with Crippen molar-refractivity contribution in [3.05, 3.63) is 76.6 Å². The van der Waals surface area contributed by atoms with E-state index < -0.39 is 0 Å². The molecule has 4 rings (SSSR count). The molecular weight excluding hydrogens is 364 g/mol. The topological polar surface area (TPSA) is 85.6 Å². The number of fused-ring (bicyclic) bond motifs is 1. The van der Waals surface area contributed by atoms with Gasteiger partial charge in [-0.3, -0.25) is 4.79 Å². The van der Waals surface area contributed by atoms with Gasteiger partial charge in [-0.2, -0.15) is 0 Å². The Morgan fingerprint density at radius 3 is 2.93 bits per heavy atom. The van der Waals surface area contributed by atoms with Crippen LogP contribution in [0, 0.1) is 6.92 Å². The summed E-state index contributed by atoms with van der Waals surface area (Å²) in [4.78, 5) is 21.5. The molecule has 1 amide bonds. The molecule has 0 bridgehead atoms. The molecule has 0 aliphatic heterocycles. The number of amides is 1. The van der Waals surface area contributed by atoms with Crippen molar-refractivity contribution in [3.8, 4) is 0 Å². The maximum Gasteiger partial charge on any atom is 0.273 e. The van der Waals surface area contributed by atoms with Crippen molar-refractivity contribution in [1.29, 1.82) is 0 Å². The Kier molecular flexibility index (Phi) is 5.74. The highest BCUT2D eigenvalue weighted by molar-refractivity contribution is 5.91. The quantitative estimate of drug-likeness (QED) is 0.672. The molecule has 0 spiro atoms. The lowest BCUT2D eigenvalue weighted by atomic mass is 10.2. The van der Waals surface area contributed by atoms with Crippen LogP contribution in [0.5, 0.6) is 0 Å². The van der Waals surface area contributed by atoms with Crippen molar-refractivity contribution in [2.75, 3.05) is 6.54 Å². The zero-order chi connectivity index (χ0) is 20.1. The number of hydrogen-bond donors (Lipinski definition) is 1. The van der Waals surface area contributed by atoms with E-state index in [1.807, 2.05) is 49.4 Å². The van der Waals surface area contributed by atoms with Gasteiger partial charge >= 0.3 is 0 Å². The molecule has 1 aliphatic rings. The van der Waals surface area contributed by atoms with Crippen molar-refractivity contribution < 1.29 is 4.79 Å². The number of carbonyl (C=O) groups excluding carboxylic acids is 1. The smallest absolute Gasteiger partial charge is 0.273 e. The second-order valence-corrected chi connectivity index (χ2v) is 7.15. The molecule has 29 heavy (non-hydrogen) atoms. The van der Waals surface area contributed by atoms with Crippen LogP contribution in [-0.4, -0.2) is 37.4 Å². The lowest BCUT2D eigenvalue weighted by Gasteiger charge is -2.07. The summed E-state index contributed by atoms with van der Waals surface area (Å²) in [5.41, 5.74) is 4.97. The molecule has 7 heteroatoms. The summed E-state index contributed by atoms with van der Waals surface area (Å²) in [6, 6.07) is 10.0. The number of benzene rings is 1. The predicted octanol–water partition coefficient (Wildman–Crippen LogP) is 2.55. The molecule has 148 valence electrons. The van der Waals surface area contributed by atoms with Gasteiger partial charge in [-0.1, -0.05) is 47.7 Å². The van der Waals surface area contributed by atoms with E-state index in [1.165, 1.54) is 11.3 Å².